The highest BCUT2D eigenvalue weighted by Crippen LogP contribution is 2.36. The lowest BCUT2D eigenvalue weighted by Gasteiger charge is -2.23. The van der Waals surface area contributed by atoms with Gasteiger partial charge in [0, 0.05) is 17.4 Å². The highest BCUT2D eigenvalue weighted by molar-refractivity contribution is 6.33. The Balaban J connectivity index is 0.000000259. The average molecular weight is 966 g/mol. The number of para-hydroxylation sites is 1. The molecule has 0 saturated carbocycles. The van der Waals surface area contributed by atoms with Crippen molar-refractivity contribution in [3.8, 4) is 5.69 Å². The van der Waals surface area contributed by atoms with Crippen molar-refractivity contribution in [3.63, 3.8) is 0 Å². The molecule has 1 aliphatic carbocycles. The van der Waals surface area contributed by atoms with Crippen LogP contribution in [0.25, 0.3) is 5.69 Å². The smallest absolute Gasteiger partial charge is 0.762 e. The fourth-order valence-corrected chi connectivity index (χ4v) is 6.91. The number of anilines is 1. The van der Waals surface area contributed by atoms with Gasteiger partial charge in [-0.3, -0.25) is 22.9 Å². The zero-order valence-corrected chi connectivity index (χ0v) is 36.0. The van der Waals surface area contributed by atoms with Gasteiger partial charge in [-0.15, -0.1) is 4.91 Å². The van der Waals surface area contributed by atoms with Crippen molar-refractivity contribution in [2.45, 2.75) is 58.3 Å². The van der Waals surface area contributed by atoms with E-state index in [2.05, 4.69) is 10.3 Å². The summed E-state index contributed by atoms with van der Waals surface area (Å²) >= 11 is 0. The highest BCUT2D eigenvalue weighted by atomic mass is 19.4. The van der Waals surface area contributed by atoms with Gasteiger partial charge in [-0.25, -0.2) is 17.7 Å². The zero-order chi connectivity index (χ0) is 48.6. The van der Waals surface area contributed by atoms with E-state index in [0.29, 0.717) is 33.4 Å². The summed E-state index contributed by atoms with van der Waals surface area (Å²) in [5, 5.41) is 17.3. The van der Waals surface area contributed by atoms with E-state index < -0.39 is 42.3 Å². The number of rotatable bonds is 7. The van der Waals surface area contributed by atoms with Crippen LogP contribution in [0.5, 0.6) is 0 Å². The molecule has 6 aromatic carbocycles. The Morgan fingerprint density at radius 3 is 1.74 bits per heavy atom. The molecule has 362 valence electrons. The first-order valence-electron chi connectivity index (χ1n) is 20.3. The summed E-state index contributed by atoms with van der Waals surface area (Å²) < 4.78 is 106. The lowest BCUT2D eigenvalue weighted by molar-refractivity contribution is -0.739. The van der Waals surface area contributed by atoms with E-state index in [4.69, 9.17) is 4.74 Å². The second-order valence-electron chi connectivity index (χ2n) is 14.6. The molecular formula is C49H45BF9N5O5. The number of nitrogens with zero attached hydrogens (tertiary/aromatic N) is 5. The normalized spacial score (nSPS) is 14.2. The van der Waals surface area contributed by atoms with Crippen molar-refractivity contribution in [1.82, 2.24) is 9.78 Å². The molecule has 1 N–H and O–H groups in total. The third-order valence-electron chi connectivity index (χ3n) is 10.3. The van der Waals surface area contributed by atoms with E-state index in [0.717, 1.165) is 28.5 Å². The SMILES string of the molecule is C.CC(C=O)c1ccccc1.C[C@H](C(=O)N(O)c1ccccc1)c1ccccc1.FB(F)F.Fc1c(F)c(F)c(-n2c[n+]3c(n2)CO[C@@H]2Cc4ccccc4C23)c(F)c1F.O=Nc1ccccc1.[F-]. The second kappa shape index (κ2) is 26.8. The van der Waals surface area contributed by atoms with Crippen LogP contribution in [-0.2, 0) is 27.4 Å². The number of hydroxylamine groups is 1. The maximum absolute atomic E-state index is 14.1. The number of carbonyl (C=O) groups excluding carboxylic acids is 2. The number of benzene rings is 6. The predicted octanol–water partition coefficient (Wildman–Crippen LogP) is 8.71. The second-order valence-corrected chi connectivity index (χ2v) is 14.6. The van der Waals surface area contributed by atoms with E-state index in [1.54, 1.807) is 60.0 Å². The summed E-state index contributed by atoms with van der Waals surface area (Å²) in [7, 11) is -3.67. The van der Waals surface area contributed by atoms with Gasteiger partial charge in [0.2, 0.25) is 41.1 Å². The Bertz CT molecular complexity index is 2630. The molecule has 2 unspecified atom stereocenters. The fourth-order valence-electron chi connectivity index (χ4n) is 6.91. The molecule has 20 heteroatoms. The van der Waals surface area contributed by atoms with Crippen molar-refractivity contribution in [2.75, 3.05) is 5.06 Å². The summed E-state index contributed by atoms with van der Waals surface area (Å²) in [5.41, 5.74) is 3.87. The fraction of sp³-hybridized carbons (Fsp3) is 0.184. The summed E-state index contributed by atoms with van der Waals surface area (Å²) in [5.74, 6) is -10.5. The molecule has 0 fully saturated rings. The van der Waals surface area contributed by atoms with Gasteiger partial charge in [0.15, 0.2) is 0 Å². The Labute approximate surface area is 392 Å². The van der Waals surface area contributed by atoms with Gasteiger partial charge >= 0.3 is 13.4 Å². The van der Waals surface area contributed by atoms with Crippen LogP contribution in [0.3, 0.4) is 0 Å². The quantitative estimate of drug-likeness (QED) is 0.0197. The van der Waals surface area contributed by atoms with Crippen LogP contribution in [0, 0.1) is 34.0 Å². The standard InChI is InChI=1S/C18H11F5N3O.C15H15NO2.C9H10O.C6H5NO.CH4.BF3.FH/c19-12-13(20)15(22)18(16(23)14(12)21)26-7-25-11(24-26)6-27-10-5-8-3-1-2-4-9(8)17(10)25;1-12(13-8-4-2-5-9-13)15(17)16(18)14-10-6-3-7-11-14;1-8(7-10)9-5-3-2-4-6-9;8-7-6-4-2-1-3-5-6;;2-1(3)4;/h1-4,7,10,17H,5-6H2;2-12,18H,1H3;2-8H,1H3;1-5H;1H4;;1H/q+1;;;;;;/p-1/t10-,17?;12-;;;;;/m10...../s1. The Kier molecular flexibility index (Phi) is 21.7. The predicted molar refractivity (Wildman–Crippen MR) is 240 cm³/mol. The van der Waals surface area contributed by atoms with Crippen molar-refractivity contribution < 1.29 is 63.7 Å². The van der Waals surface area contributed by atoms with Gasteiger partial charge in [0.1, 0.15) is 30.7 Å². The molecular weight excluding hydrogens is 920 g/mol. The molecule has 0 radical (unpaired) electrons. The molecule has 0 saturated heterocycles. The number of hydrogen-bond donors (Lipinski definition) is 1. The summed E-state index contributed by atoms with van der Waals surface area (Å²) in [6, 6.07) is 44.0. The minimum absolute atomic E-state index is 0. The van der Waals surface area contributed by atoms with Crippen molar-refractivity contribution in [1.29, 1.82) is 0 Å². The third-order valence-corrected chi connectivity index (χ3v) is 10.3. The first-order chi connectivity index (χ1) is 32.2. The first-order valence-corrected chi connectivity index (χ1v) is 20.3. The van der Waals surface area contributed by atoms with Crippen LogP contribution in [0.15, 0.2) is 157 Å². The van der Waals surface area contributed by atoms with Crippen LogP contribution >= 0.6 is 0 Å². The van der Waals surface area contributed by atoms with E-state index in [-0.39, 0.29) is 48.6 Å². The first kappa shape index (κ1) is 55.9. The molecule has 2 aliphatic rings. The van der Waals surface area contributed by atoms with E-state index >= 15 is 0 Å². The molecule has 0 bridgehead atoms. The van der Waals surface area contributed by atoms with Gasteiger partial charge in [-0.05, 0) is 58.6 Å². The Morgan fingerprint density at radius 2 is 1.23 bits per heavy atom. The summed E-state index contributed by atoms with van der Waals surface area (Å²) in [4.78, 5) is 32.2. The Morgan fingerprint density at radius 1 is 0.768 bits per heavy atom. The average Bonchev–Trinajstić information content (AvgIpc) is 3.97. The molecule has 2 heterocycles. The number of aromatic nitrogens is 3. The maximum Gasteiger partial charge on any atom is 0.762 e. The highest BCUT2D eigenvalue weighted by Gasteiger charge is 2.44. The van der Waals surface area contributed by atoms with Crippen LogP contribution in [-0.4, -0.2) is 40.8 Å². The molecule has 1 amide bonds. The van der Waals surface area contributed by atoms with Gasteiger partial charge in [0.05, 0.1) is 11.6 Å². The summed E-state index contributed by atoms with van der Waals surface area (Å²) in [6.45, 7) is 3.74. The molecule has 0 spiro atoms. The third kappa shape index (κ3) is 14.3. The Hall–Kier alpha value is -7.45. The van der Waals surface area contributed by atoms with Gasteiger partial charge in [-0.1, -0.05) is 140 Å². The molecule has 4 atom stereocenters. The van der Waals surface area contributed by atoms with E-state index in [9.17, 15) is 54.6 Å². The zero-order valence-electron chi connectivity index (χ0n) is 36.0. The largest absolute Gasteiger partial charge is 1.00 e. The number of nitroso groups, excluding NO2 is 1. The topological polar surface area (TPSA) is 118 Å². The number of hydrogen-bond acceptors (Lipinski definition) is 7. The van der Waals surface area contributed by atoms with E-state index in [1.165, 1.54) is 6.33 Å². The molecule has 1 aromatic heterocycles. The number of ether oxygens (including phenoxy) is 1. The molecule has 1 aliphatic heterocycles. The summed E-state index contributed by atoms with van der Waals surface area (Å²) in [6.07, 6.45) is 2.68. The number of amides is 1. The van der Waals surface area contributed by atoms with Crippen LogP contribution in [0.2, 0.25) is 0 Å². The number of halogens is 9. The molecule has 69 heavy (non-hydrogen) atoms. The van der Waals surface area contributed by atoms with Gasteiger partial charge < -0.3 is 14.2 Å². The van der Waals surface area contributed by atoms with Crippen molar-refractivity contribution in [2.24, 2.45) is 5.18 Å². The van der Waals surface area contributed by atoms with Crippen molar-refractivity contribution >= 4 is 31.1 Å². The van der Waals surface area contributed by atoms with Gasteiger partial charge in [0.25, 0.3) is 5.91 Å². The molecule has 10 nitrogen and oxygen atoms in total. The number of aldehydes is 1. The number of carbonyl (C=O) groups is 2. The van der Waals surface area contributed by atoms with Gasteiger partial charge in [-0.2, -0.15) is 13.8 Å². The van der Waals surface area contributed by atoms with Crippen molar-refractivity contribution in [3.05, 3.63) is 214 Å². The monoisotopic (exact) mass is 965 g/mol. The number of fused-ring (bicyclic) bond motifs is 5. The van der Waals surface area contributed by atoms with Crippen LogP contribution in [0.4, 0.5) is 46.3 Å². The van der Waals surface area contributed by atoms with E-state index in [1.807, 2.05) is 104 Å². The molecule has 9 rings (SSSR count). The van der Waals surface area contributed by atoms with Crippen LogP contribution < -0.4 is 14.3 Å². The minimum Gasteiger partial charge on any atom is -1.00 e. The maximum atomic E-state index is 14.1. The van der Waals surface area contributed by atoms with Crippen LogP contribution in [0.1, 0.15) is 67.2 Å². The lowest BCUT2D eigenvalue weighted by Crippen LogP contribution is -3.00. The lowest BCUT2D eigenvalue weighted by atomic mass is 10.0. The minimum atomic E-state index is -3.67. The molecule has 7 aromatic rings.